The first kappa shape index (κ1) is 46.3. The Morgan fingerprint density at radius 2 is 1.47 bits per heavy atom. The molecule has 62 heavy (non-hydrogen) atoms. The van der Waals surface area contributed by atoms with E-state index in [-0.39, 0.29) is 38.1 Å². The Labute approximate surface area is 365 Å². The monoisotopic (exact) mass is 866 g/mol. The van der Waals surface area contributed by atoms with Gasteiger partial charge in [-0.25, -0.2) is 9.46 Å². The van der Waals surface area contributed by atoms with Gasteiger partial charge in [0.2, 0.25) is 5.82 Å². The van der Waals surface area contributed by atoms with Gasteiger partial charge in [0, 0.05) is 18.5 Å². The SMILES string of the molecule is COc1ccc(C(OCC2OC(n3cc(F)c(Oc4c(C)cc(C)cc4C)nc3=O)CC2OP(OCCC#N)N(C(C)C)C(C)C)(c2ccccc2)c2ccc(OC)cc2)cc1. The molecule has 0 radical (unpaired) electrons. The van der Waals surface area contributed by atoms with Crippen molar-refractivity contribution in [2.24, 2.45) is 0 Å². The minimum absolute atomic E-state index is 0.0150. The van der Waals surface area contributed by atoms with Crippen LogP contribution >= 0.6 is 8.53 Å². The number of nitrogens with zero attached hydrogens (tertiary/aromatic N) is 4. The predicted molar refractivity (Wildman–Crippen MR) is 236 cm³/mol. The molecule has 0 bridgehead atoms. The van der Waals surface area contributed by atoms with E-state index in [2.05, 4.69) is 43.4 Å². The van der Waals surface area contributed by atoms with Crippen molar-refractivity contribution in [3.8, 4) is 29.2 Å². The Morgan fingerprint density at radius 1 is 0.903 bits per heavy atom. The number of halogens is 1. The second kappa shape index (κ2) is 20.8. The fraction of sp³-hybridized carbons (Fsp3) is 0.396. The van der Waals surface area contributed by atoms with Crippen molar-refractivity contribution in [1.29, 1.82) is 5.26 Å². The number of rotatable bonds is 19. The fourth-order valence-electron chi connectivity index (χ4n) is 7.96. The summed E-state index contributed by atoms with van der Waals surface area (Å²) in [7, 11) is 1.48. The summed E-state index contributed by atoms with van der Waals surface area (Å²) in [6, 6.07) is 31.3. The van der Waals surface area contributed by atoms with E-state index in [1.807, 2.05) is 112 Å². The van der Waals surface area contributed by atoms with Gasteiger partial charge in [0.1, 0.15) is 35.2 Å². The fourth-order valence-corrected chi connectivity index (χ4v) is 9.71. The number of aryl methyl sites for hydroxylation is 3. The Morgan fingerprint density at radius 3 is 2.00 bits per heavy atom. The lowest BCUT2D eigenvalue weighted by molar-refractivity contribution is -0.0927. The van der Waals surface area contributed by atoms with E-state index < -0.39 is 50.0 Å². The van der Waals surface area contributed by atoms with E-state index in [4.69, 9.17) is 32.7 Å². The number of benzene rings is 4. The van der Waals surface area contributed by atoms with Crippen LogP contribution < -0.4 is 19.9 Å². The van der Waals surface area contributed by atoms with Gasteiger partial charge in [-0.2, -0.15) is 14.6 Å². The van der Waals surface area contributed by atoms with Gasteiger partial charge in [-0.15, -0.1) is 0 Å². The topological polar surface area (TPSA) is 127 Å². The van der Waals surface area contributed by atoms with Gasteiger partial charge in [-0.3, -0.25) is 4.57 Å². The molecule has 6 rings (SSSR count). The maximum Gasteiger partial charge on any atom is 0.353 e. The normalized spacial score (nSPS) is 17.1. The van der Waals surface area contributed by atoms with Gasteiger partial charge in [-0.1, -0.05) is 72.3 Å². The summed E-state index contributed by atoms with van der Waals surface area (Å²) in [5.41, 5.74) is 3.11. The van der Waals surface area contributed by atoms with Crippen molar-refractivity contribution in [1.82, 2.24) is 14.2 Å². The largest absolute Gasteiger partial charge is 0.497 e. The van der Waals surface area contributed by atoms with Crippen molar-refractivity contribution < 1.29 is 37.1 Å². The zero-order valence-electron chi connectivity index (χ0n) is 36.8. The molecule has 2 heterocycles. The second-order valence-electron chi connectivity index (χ2n) is 15.8. The number of hydrogen-bond acceptors (Lipinski definition) is 11. The molecule has 5 aromatic rings. The number of hydrogen-bond donors (Lipinski definition) is 0. The number of aromatic nitrogens is 2. The van der Waals surface area contributed by atoms with Gasteiger partial charge < -0.3 is 32.7 Å². The molecular weight excluding hydrogens is 811 g/mol. The highest BCUT2D eigenvalue weighted by Crippen LogP contribution is 2.51. The molecule has 0 amide bonds. The predicted octanol–water partition coefficient (Wildman–Crippen LogP) is 10.1. The van der Waals surface area contributed by atoms with E-state index >= 15 is 4.39 Å². The average Bonchev–Trinajstić information content (AvgIpc) is 3.65. The molecule has 328 valence electrons. The molecule has 12 nitrogen and oxygen atoms in total. The Bertz CT molecular complexity index is 2280. The van der Waals surface area contributed by atoms with Gasteiger partial charge in [0.15, 0.2) is 0 Å². The molecule has 1 saturated heterocycles. The van der Waals surface area contributed by atoms with Crippen molar-refractivity contribution in [2.45, 2.75) is 97.4 Å². The maximum atomic E-state index is 16.0. The molecule has 4 atom stereocenters. The second-order valence-corrected chi connectivity index (χ2v) is 17.2. The molecule has 0 spiro atoms. The van der Waals surface area contributed by atoms with Crippen LogP contribution in [0, 0.1) is 37.9 Å². The summed E-state index contributed by atoms with van der Waals surface area (Å²) in [5.74, 6) is 0.522. The summed E-state index contributed by atoms with van der Waals surface area (Å²) < 4.78 is 63.5. The van der Waals surface area contributed by atoms with Gasteiger partial charge in [0.25, 0.3) is 14.4 Å². The zero-order chi connectivity index (χ0) is 44.6. The van der Waals surface area contributed by atoms with E-state index in [0.717, 1.165) is 44.1 Å². The lowest BCUT2D eigenvalue weighted by Gasteiger charge is -2.39. The van der Waals surface area contributed by atoms with Gasteiger partial charge in [0.05, 0.1) is 52.2 Å². The van der Waals surface area contributed by atoms with Crippen LogP contribution in [0.4, 0.5) is 4.39 Å². The highest BCUT2D eigenvalue weighted by molar-refractivity contribution is 7.44. The first-order chi connectivity index (χ1) is 29.8. The molecule has 1 fully saturated rings. The standard InChI is InChI=1S/C48H56FN4O8P/c1-31(2)53(32(3)4)62(58-25-13-24-50)61-42-28-44(52-29-41(49)46(51-47(52)54)60-45-34(6)26-33(5)27-35(45)7)59-43(42)30-57-48(36-14-11-10-12-15-36,37-16-20-39(55-8)21-17-37)38-18-22-40(56-9)23-19-38/h10-12,14-23,26-27,29,31-32,42-44H,13,25,28,30H2,1-9H3. The summed E-state index contributed by atoms with van der Waals surface area (Å²) in [4.78, 5) is 17.9. The van der Waals surface area contributed by atoms with Crippen LogP contribution in [0.5, 0.6) is 23.1 Å². The van der Waals surface area contributed by atoms with Crippen molar-refractivity contribution in [3.05, 3.63) is 147 Å². The van der Waals surface area contributed by atoms with Crippen LogP contribution in [0.25, 0.3) is 0 Å². The van der Waals surface area contributed by atoms with Crippen molar-refractivity contribution >= 4 is 8.53 Å². The van der Waals surface area contributed by atoms with Crippen LogP contribution in [0.15, 0.2) is 102 Å². The number of ether oxygens (including phenoxy) is 5. The summed E-state index contributed by atoms with van der Waals surface area (Å²) in [6.07, 6.45) is -1.18. The molecule has 4 unspecified atom stereocenters. The first-order valence-electron chi connectivity index (χ1n) is 20.7. The molecule has 0 aliphatic carbocycles. The Balaban J connectivity index is 1.42. The van der Waals surface area contributed by atoms with E-state index in [0.29, 0.717) is 17.2 Å². The lowest BCUT2D eigenvalue weighted by atomic mass is 9.80. The highest BCUT2D eigenvalue weighted by atomic mass is 31.2. The molecular formula is C48H56FN4O8P. The molecule has 4 aromatic carbocycles. The van der Waals surface area contributed by atoms with Crippen molar-refractivity contribution in [2.75, 3.05) is 27.4 Å². The third-order valence-corrected chi connectivity index (χ3v) is 12.8. The van der Waals surface area contributed by atoms with E-state index in [1.54, 1.807) is 14.2 Å². The number of methoxy groups -OCH3 is 2. The van der Waals surface area contributed by atoms with Crippen LogP contribution in [0.2, 0.25) is 0 Å². The smallest absolute Gasteiger partial charge is 0.353 e. The number of nitriles is 1. The zero-order valence-corrected chi connectivity index (χ0v) is 37.7. The highest BCUT2D eigenvalue weighted by Gasteiger charge is 2.45. The van der Waals surface area contributed by atoms with Crippen LogP contribution in [0.1, 0.15) is 80.1 Å². The molecule has 14 heteroatoms. The van der Waals surface area contributed by atoms with Crippen LogP contribution in [0.3, 0.4) is 0 Å². The quantitative estimate of drug-likeness (QED) is 0.0447. The molecule has 1 aliphatic heterocycles. The summed E-state index contributed by atoms with van der Waals surface area (Å²) in [5, 5.41) is 9.39. The van der Waals surface area contributed by atoms with Crippen LogP contribution in [-0.4, -0.2) is 65.9 Å². The third kappa shape index (κ3) is 10.4. The lowest BCUT2D eigenvalue weighted by Crippen LogP contribution is -2.39. The molecule has 0 saturated carbocycles. The summed E-state index contributed by atoms with van der Waals surface area (Å²) in [6.45, 7) is 14.0. The van der Waals surface area contributed by atoms with E-state index in [9.17, 15) is 10.1 Å². The average molecular weight is 867 g/mol. The Hall–Kier alpha value is -5.19. The molecule has 1 aliphatic rings. The Kier molecular flexibility index (Phi) is 15.5. The summed E-state index contributed by atoms with van der Waals surface area (Å²) >= 11 is 0. The first-order valence-corrected chi connectivity index (χ1v) is 21.9. The minimum Gasteiger partial charge on any atom is -0.497 e. The minimum atomic E-state index is -1.76. The van der Waals surface area contributed by atoms with E-state index in [1.165, 1.54) is 0 Å². The van der Waals surface area contributed by atoms with Gasteiger partial charge >= 0.3 is 5.69 Å². The third-order valence-electron chi connectivity index (χ3n) is 10.7. The molecule has 0 N–H and O–H groups in total. The molecule has 1 aromatic heterocycles. The van der Waals surface area contributed by atoms with Gasteiger partial charge in [-0.05, 0) is 101 Å². The maximum absolute atomic E-state index is 16.0. The van der Waals surface area contributed by atoms with Crippen molar-refractivity contribution in [3.63, 3.8) is 0 Å². The van der Waals surface area contributed by atoms with Crippen LogP contribution in [-0.2, 0) is 24.1 Å².